The van der Waals surface area contributed by atoms with Crippen molar-refractivity contribution in [3.05, 3.63) is 17.7 Å². The zero-order valence-electron chi connectivity index (χ0n) is 14.7. The summed E-state index contributed by atoms with van der Waals surface area (Å²) in [6.07, 6.45) is 4.44. The molecule has 0 saturated carbocycles. The minimum absolute atomic E-state index is 0.0134. The predicted octanol–water partition coefficient (Wildman–Crippen LogP) is 0.535. The molecule has 1 saturated heterocycles. The topological polar surface area (TPSA) is 90.1 Å². The molecular formula is C17H27N5O2. The Morgan fingerprint density at radius 2 is 2.04 bits per heavy atom. The molecule has 1 spiro atoms. The first-order chi connectivity index (χ1) is 11.3. The number of carbonyl (C=O) groups excluding carboxylic acids is 2. The highest BCUT2D eigenvalue weighted by molar-refractivity contribution is 5.87. The van der Waals surface area contributed by atoms with Crippen LogP contribution in [0.5, 0.6) is 0 Å². The molecule has 7 nitrogen and oxygen atoms in total. The number of H-pyrrole nitrogens is 1. The number of fused-ring (bicyclic) bond motifs is 2. The predicted molar refractivity (Wildman–Crippen MR) is 90.3 cm³/mol. The summed E-state index contributed by atoms with van der Waals surface area (Å²) in [6, 6.07) is 0. The maximum absolute atomic E-state index is 12.4. The lowest BCUT2D eigenvalue weighted by Crippen LogP contribution is -2.56. The van der Waals surface area contributed by atoms with Crippen LogP contribution < -0.4 is 10.6 Å². The van der Waals surface area contributed by atoms with Crippen molar-refractivity contribution in [3.8, 4) is 0 Å². The molecule has 1 aromatic rings. The Morgan fingerprint density at radius 3 is 2.71 bits per heavy atom. The fraction of sp³-hybridized carbons (Fsp3) is 0.706. The maximum Gasteiger partial charge on any atom is 0.241 e. The van der Waals surface area contributed by atoms with Crippen molar-refractivity contribution < 1.29 is 9.59 Å². The quantitative estimate of drug-likeness (QED) is 0.737. The molecule has 3 heterocycles. The Balaban J connectivity index is 1.56. The zero-order valence-corrected chi connectivity index (χ0v) is 14.7. The summed E-state index contributed by atoms with van der Waals surface area (Å²) in [5.74, 6) is -0.111. The number of aromatic nitrogens is 2. The molecule has 132 valence electrons. The molecule has 0 bridgehead atoms. The smallest absolute Gasteiger partial charge is 0.241 e. The molecule has 1 aromatic heterocycles. The van der Waals surface area contributed by atoms with Gasteiger partial charge in [0.2, 0.25) is 11.8 Å². The van der Waals surface area contributed by atoms with Crippen molar-refractivity contribution in [3.63, 3.8) is 0 Å². The van der Waals surface area contributed by atoms with Gasteiger partial charge in [-0.1, -0.05) is 20.8 Å². The molecule has 1 fully saturated rings. The highest BCUT2D eigenvalue weighted by atomic mass is 16.2. The molecule has 2 amide bonds. The molecule has 0 atom stereocenters. The molecule has 24 heavy (non-hydrogen) atoms. The second-order valence-electron chi connectivity index (χ2n) is 7.80. The summed E-state index contributed by atoms with van der Waals surface area (Å²) < 4.78 is 0. The van der Waals surface area contributed by atoms with E-state index in [1.807, 2.05) is 25.7 Å². The van der Waals surface area contributed by atoms with Gasteiger partial charge >= 0.3 is 0 Å². The lowest BCUT2D eigenvalue weighted by Gasteiger charge is -2.44. The second kappa shape index (κ2) is 6.20. The first-order valence-electron chi connectivity index (χ1n) is 8.66. The van der Waals surface area contributed by atoms with Crippen LogP contribution in [-0.4, -0.2) is 52.9 Å². The number of amides is 2. The van der Waals surface area contributed by atoms with E-state index >= 15 is 0 Å². The number of hydrogen-bond acceptors (Lipinski definition) is 4. The van der Waals surface area contributed by atoms with Gasteiger partial charge in [0, 0.05) is 37.2 Å². The fourth-order valence-electron chi connectivity index (χ4n) is 3.52. The van der Waals surface area contributed by atoms with Crippen LogP contribution in [-0.2, 0) is 21.5 Å². The lowest BCUT2D eigenvalue weighted by molar-refractivity contribution is -0.136. The van der Waals surface area contributed by atoms with E-state index in [2.05, 4.69) is 20.6 Å². The van der Waals surface area contributed by atoms with Gasteiger partial charge in [-0.05, 0) is 12.8 Å². The number of imidazole rings is 1. The van der Waals surface area contributed by atoms with E-state index in [1.165, 1.54) is 5.69 Å². The molecule has 3 rings (SSSR count). The van der Waals surface area contributed by atoms with Crippen LogP contribution in [0.3, 0.4) is 0 Å². The van der Waals surface area contributed by atoms with Gasteiger partial charge in [0.15, 0.2) is 0 Å². The van der Waals surface area contributed by atoms with Crippen molar-refractivity contribution in [2.24, 2.45) is 5.41 Å². The number of aromatic amines is 1. The number of piperidine rings is 1. The summed E-state index contributed by atoms with van der Waals surface area (Å²) >= 11 is 0. The van der Waals surface area contributed by atoms with Gasteiger partial charge < -0.3 is 20.5 Å². The number of nitrogens with one attached hydrogen (secondary N) is 3. The van der Waals surface area contributed by atoms with Crippen molar-refractivity contribution in [2.75, 3.05) is 26.2 Å². The summed E-state index contributed by atoms with van der Waals surface area (Å²) in [7, 11) is 0. The molecule has 0 unspecified atom stereocenters. The van der Waals surface area contributed by atoms with E-state index in [9.17, 15) is 9.59 Å². The fourth-order valence-corrected chi connectivity index (χ4v) is 3.52. The van der Waals surface area contributed by atoms with Gasteiger partial charge in [0.25, 0.3) is 0 Å². The average Bonchev–Trinajstić information content (AvgIpc) is 3.02. The van der Waals surface area contributed by atoms with Crippen LogP contribution in [0.15, 0.2) is 6.33 Å². The van der Waals surface area contributed by atoms with Crippen molar-refractivity contribution in [2.45, 2.75) is 45.6 Å². The third-order valence-corrected chi connectivity index (χ3v) is 5.06. The number of nitrogens with zero attached hydrogens (tertiary/aromatic N) is 2. The van der Waals surface area contributed by atoms with Crippen LogP contribution in [0.2, 0.25) is 0 Å². The van der Waals surface area contributed by atoms with E-state index in [4.69, 9.17) is 0 Å². The summed E-state index contributed by atoms with van der Waals surface area (Å²) in [5, 5.41) is 6.36. The summed E-state index contributed by atoms with van der Waals surface area (Å²) in [5.41, 5.74) is 1.74. The Labute approximate surface area is 142 Å². The first kappa shape index (κ1) is 17.0. The third-order valence-electron chi connectivity index (χ3n) is 5.06. The number of carbonyl (C=O) groups is 2. The van der Waals surface area contributed by atoms with Gasteiger partial charge in [-0.15, -0.1) is 0 Å². The van der Waals surface area contributed by atoms with E-state index in [0.717, 1.165) is 31.5 Å². The minimum atomic E-state index is -0.478. The molecule has 2 aliphatic heterocycles. The molecular weight excluding hydrogens is 306 g/mol. The molecule has 3 N–H and O–H groups in total. The molecule has 0 aliphatic carbocycles. The number of hydrogen-bond donors (Lipinski definition) is 3. The average molecular weight is 333 g/mol. The Bertz CT molecular complexity index is 623. The van der Waals surface area contributed by atoms with Crippen LogP contribution in [0.25, 0.3) is 0 Å². The largest absolute Gasteiger partial charge is 0.348 e. The highest BCUT2D eigenvalue weighted by Gasteiger charge is 2.42. The second-order valence-corrected chi connectivity index (χ2v) is 7.80. The van der Waals surface area contributed by atoms with Gasteiger partial charge in [-0.25, -0.2) is 4.98 Å². The third kappa shape index (κ3) is 3.17. The Hall–Kier alpha value is -1.89. The van der Waals surface area contributed by atoms with Crippen LogP contribution in [0.1, 0.15) is 45.0 Å². The van der Waals surface area contributed by atoms with E-state index < -0.39 is 5.41 Å². The molecule has 0 radical (unpaired) electrons. The summed E-state index contributed by atoms with van der Waals surface area (Å²) in [4.78, 5) is 33.8. The molecule has 7 heteroatoms. The normalized spacial score (nSPS) is 19.9. The van der Waals surface area contributed by atoms with Gasteiger partial charge in [-0.3, -0.25) is 9.59 Å². The Kier molecular flexibility index (Phi) is 4.38. The standard InChI is InChI=1S/C17H27N5O2/c1-16(2,3)15(24)18-10-13(23)22-8-5-17(6-9-22)14-12(4-7-21-17)19-11-20-14/h11,21H,4-10H2,1-3H3,(H,18,24)(H,19,20). The van der Waals surface area contributed by atoms with Crippen molar-refractivity contribution in [1.29, 1.82) is 0 Å². The lowest BCUT2D eigenvalue weighted by atomic mass is 9.80. The van der Waals surface area contributed by atoms with Crippen LogP contribution in [0, 0.1) is 5.41 Å². The number of likely N-dealkylation sites (tertiary alicyclic amines) is 1. The van der Waals surface area contributed by atoms with Crippen molar-refractivity contribution >= 4 is 11.8 Å². The van der Waals surface area contributed by atoms with Gasteiger partial charge in [0.05, 0.1) is 24.1 Å². The van der Waals surface area contributed by atoms with E-state index in [0.29, 0.717) is 13.1 Å². The minimum Gasteiger partial charge on any atom is -0.348 e. The first-order valence-corrected chi connectivity index (χ1v) is 8.66. The monoisotopic (exact) mass is 333 g/mol. The SMILES string of the molecule is CC(C)(C)C(=O)NCC(=O)N1CCC2(CC1)NCCc1[nH]cnc12. The maximum atomic E-state index is 12.4. The van der Waals surface area contributed by atoms with Crippen LogP contribution >= 0.6 is 0 Å². The van der Waals surface area contributed by atoms with Crippen LogP contribution in [0.4, 0.5) is 0 Å². The molecule has 2 aliphatic rings. The van der Waals surface area contributed by atoms with Gasteiger partial charge in [-0.2, -0.15) is 0 Å². The molecule has 0 aromatic carbocycles. The Morgan fingerprint density at radius 1 is 1.33 bits per heavy atom. The zero-order chi connectivity index (χ0) is 17.4. The highest BCUT2D eigenvalue weighted by Crippen LogP contribution is 2.35. The number of rotatable bonds is 2. The summed E-state index contributed by atoms with van der Waals surface area (Å²) in [6.45, 7) is 7.90. The van der Waals surface area contributed by atoms with Crippen molar-refractivity contribution in [1.82, 2.24) is 25.5 Å². The van der Waals surface area contributed by atoms with E-state index in [1.54, 1.807) is 6.33 Å². The van der Waals surface area contributed by atoms with Gasteiger partial charge in [0.1, 0.15) is 0 Å². The van der Waals surface area contributed by atoms with E-state index in [-0.39, 0.29) is 23.9 Å².